The zero-order chi connectivity index (χ0) is 16.2. The van der Waals surface area contributed by atoms with Crippen molar-refractivity contribution < 1.29 is 0 Å². The molecule has 0 atom stereocenters. The van der Waals surface area contributed by atoms with Crippen LogP contribution in [0.3, 0.4) is 0 Å². The van der Waals surface area contributed by atoms with Gasteiger partial charge >= 0.3 is 0 Å². The van der Waals surface area contributed by atoms with E-state index in [0.717, 1.165) is 18.0 Å². The average Bonchev–Trinajstić information content (AvgIpc) is 2.65. The fraction of sp³-hybridized carbons (Fsp3) is 0.318. The maximum atomic E-state index is 4.59. The Kier molecular flexibility index (Phi) is 4.57. The molecule has 1 saturated heterocycles. The van der Waals surface area contributed by atoms with Crippen LogP contribution in [0.25, 0.3) is 10.9 Å². The van der Waals surface area contributed by atoms with Crippen molar-refractivity contribution in [2.45, 2.75) is 25.8 Å². The van der Waals surface area contributed by atoms with Gasteiger partial charge in [0.2, 0.25) is 0 Å². The van der Waals surface area contributed by atoms with Crippen molar-refractivity contribution in [3.8, 4) is 0 Å². The number of hydrogen-bond acceptors (Lipinski definition) is 2. The van der Waals surface area contributed by atoms with Crippen LogP contribution in [-0.2, 0) is 13.0 Å². The average molecular weight is 316 g/mol. The molecule has 2 heteroatoms. The third kappa shape index (κ3) is 3.49. The lowest BCUT2D eigenvalue weighted by atomic mass is 9.90. The molecular weight excluding hydrogens is 292 g/mol. The first-order valence-corrected chi connectivity index (χ1v) is 8.97. The molecule has 2 nitrogen and oxygen atoms in total. The van der Waals surface area contributed by atoms with E-state index in [1.165, 1.54) is 48.9 Å². The van der Waals surface area contributed by atoms with Crippen LogP contribution in [0.5, 0.6) is 0 Å². The molecule has 2 heterocycles. The van der Waals surface area contributed by atoms with Crippen molar-refractivity contribution in [1.82, 2.24) is 9.88 Å². The Bertz CT molecular complexity index is 784. The Morgan fingerprint density at radius 2 is 1.67 bits per heavy atom. The van der Waals surface area contributed by atoms with E-state index in [4.69, 9.17) is 0 Å². The van der Waals surface area contributed by atoms with E-state index in [1.807, 2.05) is 12.3 Å². The second kappa shape index (κ2) is 7.14. The van der Waals surface area contributed by atoms with Gasteiger partial charge in [0.05, 0.1) is 5.52 Å². The summed E-state index contributed by atoms with van der Waals surface area (Å²) in [6.07, 6.45) is 5.72. The molecule has 0 amide bonds. The molecule has 1 aromatic heterocycles. The Balaban J connectivity index is 1.38. The second-order valence-corrected chi connectivity index (χ2v) is 6.90. The molecule has 0 saturated carbocycles. The number of pyridine rings is 1. The fourth-order valence-electron chi connectivity index (χ4n) is 3.83. The molecule has 3 aromatic rings. The first-order chi connectivity index (χ1) is 11.9. The lowest BCUT2D eigenvalue weighted by Crippen LogP contribution is -2.33. The van der Waals surface area contributed by atoms with E-state index in [2.05, 4.69) is 64.5 Å². The van der Waals surface area contributed by atoms with E-state index in [-0.39, 0.29) is 0 Å². The maximum Gasteiger partial charge on any atom is 0.0746 e. The number of rotatable bonds is 4. The van der Waals surface area contributed by atoms with Crippen LogP contribution >= 0.6 is 0 Å². The number of hydrogen-bond donors (Lipinski definition) is 0. The van der Waals surface area contributed by atoms with E-state index in [1.54, 1.807) is 0 Å². The smallest absolute Gasteiger partial charge is 0.0746 e. The van der Waals surface area contributed by atoms with Crippen molar-refractivity contribution in [2.24, 2.45) is 5.92 Å². The van der Waals surface area contributed by atoms with Crippen molar-refractivity contribution >= 4 is 10.9 Å². The van der Waals surface area contributed by atoms with Gasteiger partial charge in [0, 0.05) is 18.1 Å². The van der Waals surface area contributed by atoms with E-state index in [0.29, 0.717) is 0 Å². The SMILES string of the molecule is c1ccc(CC2CCN(Cc3cccc4cccnc34)CC2)cc1. The van der Waals surface area contributed by atoms with Crippen molar-refractivity contribution in [1.29, 1.82) is 0 Å². The molecule has 122 valence electrons. The largest absolute Gasteiger partial charge is 0.299 e. The molecule has 0 bridgehead atoms. The number of fused-ring (bicyclic) bond motifs is 1. The van der Waals surface area contributed by atoms with Crippen LogP contribution in [0.4, 0.5) is 0 Å². The number of nitrogens with zero attached hydrogens (tertiary/aromatic N) is 2. The molecular formula is C22H24N2. The molecule has 2 aromatic carbocycles. The number of aromatic nitrogens is 1. The highest BCUT2D eigenvalue weighted by Gasteiger charge is 2.20. The summed E-state index contributed by atoms with van der Waals surface area (Å²) in [6.45, 7) is 3.41. The van der Waals surface area contributed by atoms with Gasteiger partial charge in [-0.05, 0) is 55.5 Å². The van der Waals surface area contributed by atoms with Crippen LogP contribution in [0.15, 0.2) is 66.9 Å². The number of piperidine rings is 1. The Labute approximate surface area is 144 Å². The first-order valence-electron chi connectivity index (χ1n) is 8.97. The molecule has 4 rings (SSSR count). The van der Waals surface area contributed by atoms with Gasteiger partial charge in [-0.3, -0.25) is 9.88 Å². The maximum absolute atomic E-state index is 4.59. The summed E-state index contributed by atoms with van der Waals surface area (Å²) in [5, 5.41) is 1.24. The van der Waals surface area contributed by atoms with Crippen LogP contribution < -0.4 is 0 Å². The third-order valence-corrected chi connectivity index (χ3v) is 5.18. The number of likely N-dealkylation sites (tertiary alicyclic amines) is 1. The van der Waals surface area contributed by atoms with Gasteiger partial charge in [0.25, 0.3) is 0 Å². The summed E-state index contributed by atoms with van der Waals surface area (Å²) >= 11 is 0. The lowest BCUT2D eigenvalue weighted by molar-refractivity contribution is 0.177. The van der Waals surface area contributed by atoms with E-state index >= 15 is 0 Å². The number of benzene rings is 2. The van der Waals surface area contributed by atoms with E-state index < -0.39 is 0 Å². The molecule has 0 unspecified atom stereocenters. The van der Waals surface area contributed by atoms with Crippen LogP contribution in [0, 0.1) is 5.92 Å². The molecule has 24 heavy (non-hydrogen) atoms. The van der Waals surface area contributed by atoms with Crippen LogP contribution in [0.2, 0.25) is 0 Å². The summed E-state index contributed by atoms with van der Waals surface area (Å²) in [4.78, 5) is 7.18. The molecule has 0 N–H and O–H groups in total. The minimum atomic E-state index is 0.828. The van der Waals surface area contributed by atoms with Gasteiger partial charge in [-0.2, -0.15) is 0 Å². The van der Waals surface area contributed by atoms with Crippen molar-refractivity contribution in [3.05, 3.63) is 78.0 Å². The van der Waals surface area contributed by atoms with Gasteiger partial charge in [-0.1, -0.05) is 54.6 Å². The molecule has 1 aliphatic heterocycles. The van der Waals surface area contributed by atoms with Gasteiger partial charge in [-0.25, -0.2) is 0 Å². The standard InChI is InChI=1S/C22H24N2/c1-2-6-18(7-3-1)16-19-11-14-24(15-12-19)17-21-9-4-8-20-10-5-13-23-22(20)21/h1-10,13,19H,11-12,14-17H2. The predicted molar refractivity (Wildman–Crippen MR) is 99.9 cm³/mol. The zero-order valence-electron chi connectivity index (χ0n) is 14.1. The molecule has 0 radical (unpaired) electrons. The van der Waals surface area contributed by atoms with Gasteiger partial charge in [0.1, 0.15) is 0 Å². The highest BCUT2D eigenvalue weighted by molar-refractivity contribution is 5.81. The van der Waals surface area contributed by atoms with Crippen molar-refractivity contribution in [2.75, 3.05) is 13.1 Å². The Morgan fingerprint density at radius 1 is 0.875 bits per heavy atom. The third-order valence-electron chi connectivity index (χ3n) is 5.18. The van der Waals surface area contributed by atoms with Gasteiger partial charge in [-0.15, -0.1) is 0 Å². The predicted octanol–water partition coefficient (Wildman–Crippen LogP) is 4.69. The summed E-state index contributed by atoms with van der Waals surface area (Å²) in [6, 6.07) is 21.6. The monoisotopic (exact) mass is 316 g/mol. The normalized spacial score (nSPS) is 16.5. The quantitative estimate of drug-likeness (QED) is 0.694. The minimum Gasteiger partial charge on any atom is -0.299 e. The zero-order valence-corrected chi connectivity index (χ0v) is 14.1. The highest BCUT2D eigenvalue weighted by Crippen LogP contribution is 2.24. The molecule has 0 aliphatic carbocycles. The van der Waals surface area contributed by atoms with Crippen LogP contribution in [-0.4, -0.2) is 23.0 Å². The minimum absolute atomic E-state index is 0.828. The van der Waals surface area contributed by atoms with Crippen LogP contribution in [0.1, 0.15) is 24.0 Å². The summed E-state index contributed by atoms with van der Waals surface area (Å²) < 4.78 is 0. The molecule has 1 fully saturated rings. The molecule has 1 aliphatic rings. The summed E-state index contributed by atoms with van der Waals surface area (Å²) in [5.41, 5.74) is 4.00. The van der Waals surface area contributed by atoms with E-state index in [9.17, 15) is 0 Å². The van der Waals surface area contributed by atoms with Gasteiger partial charge in [0.15, 0.2) is 0 Å². The lowest BCUT2D eigenvalue weighted by Gasteiger charge is -2.32. The highest BCUT2D eigenvalue weighted by atomic mass is 15.1. The molecule has 0 spiro atoms. The van der Waals surface area contributed by atoms with Crippen molar-refractivity contribution in [3.63, 3.8) is 0 Å². The summed E-state index contributed by atoms with van der Waals surface area (Å²) in [7, 11) is 0. The summed E-state index contributed by atoms with van der Waals surface area (Å²) in [5.74, 6) is 0.828. The van der Waals surface area contributed by atoms with Gasteiger partial charge < -0.3 is 0 Å². The number of para-hydroxylation sites is 1. The first kappa shape index (κ1) is 15.3. The Morgan fingerprint density at radius 3 is 2.50 bits per heavy atom. The fourth-order valence-corrected chi connectivity index (χ4v) is 3.83. The topological polar surface area (TPSA) is 16.1 Å². The second-order valence-electron chi connectivity index (χ2n) is 6.90. The Hall–Kier alpha value is -2.19.